The number of rotatable bonds is 2. The fraction of sp³-hybridized carbons (Fsp3) is 0.333. The van der Waals surface area contributed by atoms with Gasteiger partial charge in [-0.15, -0.1) is 0 Å². The number of amides is 1. The lowest BCUT2D eigenvalue weighted by Crippen LogP contribution is -2.43. The number of hydrogen-bond acceptors (Lipinski definition) is 4. The lowest BCUT2D eigenvalue weighted by atomic mass is 10.0. The maximum absolute atomic E-state index is 11.5. The Morgan fingerprint density at radius 1 is 1.40 bits per heavy atom. The molecule has 2 aromatic rings. The van der Waals surface area contributed by atoms with E-state index in [9.17, 15) is 4.79 Å². The van der Waals surface area contributed by atoms with Gasteiger partial charge >= 0.3 is 0 Å². The van der Waals surface area contributed by atoms with Gasteiger partial charge in [-0.05, 0) is 18.6 Å². The van der Waals surface area contributed by atoms with Crippen LogP contribution in [0, 0.1) is 0 Å². The van der Waals surface area contributed by atoms with Crippen LogP contribution in [-0.4, -0.2) is 35.4 Å². The van der Waals surface area contributed by atoms with E-state index in [0.29, 0.717) is 12.1 Å². The van der Waals surface area contributed by atoms with Crippen molar-refractivity contribution in [1.29, 1.82) is 0 Å². The molecule has 0 saturated carbocycles. The van der Waals surface area contributed by atoms with Crippen molar-refractivity contribution in [3.05, 3.63) is 30.5 Å². The Balaban J connectivity index is 1.88. The largest absolute Gasteiger partial charge is 0.397 e. The first-order chi connectivity index (χ1) is 9.65. The molecule has 1 unspecified atom stereocenters. The van der Waals surface area contributed by atoms with E-state index in [-0.39, 0.29) is 11.9 Å². The summed E-state index contributed by atoms with van der Waals surface area (Å²) in [5.74, 6) is 0.215. The Labute approximate surface area is 117 Å². The molecule has 2 heterocycles. The van der Waals surface area contributed by atoms with Gasteiger partial charge in [0.15, 0.2) is 0 Å². The van der Waals surface area contributed by atoms with Crippen molar-refractivity contribution < 1.29 is 4.79 Å². The Bertz CT molecular complexity index is 655. The van der Waals surface area contributed by atoms with Gasteiger partial charge in [-0.2, -0.15) is 0 Å². The van der Waals surface area contributed by atoms with E-state index in [1.54, 1.807) is 11.1 Å². The number of nitrogens with two attached hydrogens (primary N) is 1. The van der Waals surface area contributed by atoms with E-state index >= 15 is 0 Å². The molecule has 1 saturated heterocycles. The first-order valence-corrected chi connectivity index (χ1v) is 6.79. The number of anilines is 2. The SMILES string of the molecule is CN1CC(Nc2ccnc3c(N)cccc23)CCC1=O. The van der Waals surface area contributed by atoms with Crippen LogP contribution in [0.25, 0.3) is 10.9 Å². The number of piperidine rings is 1. The fourth-order valence-corrected chi connectivity index (χ4v) is 2.67. The molecular formula is C15H18N4O. The van der Waals surface area contributed by atoms with Crippen molar-refractivity contribution in [2.24, 2.45) is 0 Å². The van der Waals surface area contributed by atoms with Gasteiger partial charge in [-0.3, -0.25) is 9.78 Å². The van der Waals surface area contributed by atoms with Gasteiger partial charge in [0.25, 0.3) is 0 Å². The predicted octanol–water partition coefficient (Wildman–Crippen LogP) is 1.85. The van der Waals surface area contributed by atoms with Crippen molar-refractivity contribution in [3.63, 3.8) is 0 Å². The minimum absolute atomic E-state index is 0.215. The molecular weight excluding hydrogens is 252 g/mol. The molecule has 1 aliphatic heterocycles. The van der Waals surface area contributed by atoms with Gasteiger partial charge in [0.05, 0.1) is 11.2 Å². The molecule has 104 valence electrons. The summed E-state index contributed by atoms with van der Waals surface area (Å²) in [6, 6.07) is 8.02. The molecule has 0 bridgehead atoms. The number of benzene rings is 1. The lowest BCUT2D eigenvalue weighted by molar-refractivity contribution is -0.132. The molecule has 0 aliphatic carbocycles. The Morgan fingerprint density at radius 2 is 2.25 bits per heavy atom. The van der Waals surface area contributed by atoms with Gasteiger partial charge in [-0.1, -0.05) is 12.1 Å². The molecule has 1 atom stereocenters. The standard InChI is InChI=1S/C15H18N4O/c1-19-9-10(5-6-14(19)20)18-13-7-8-17-15-11(13)3-2-4-12(15)16/h2-4,7-8,10H,5-6,9,16H2,1H3,(H,17,18). The number of para-hydroxylation sites is 1. The molecule has 1 aliphatic rings. The zero-order valence-electron chi connectivity index (χ0n) is 11.5. The Kier molecular flexibility index (Phi) is 3.18. The number of carbonyl (C=O) groups is 1. The third kappa shape index (κ3) is 2.27. The highest BCUT2D eigenvalue weighted by atomic mass is 16.2. The number of carbonyl (C=O) groups excluding carboxylic acids is 1. The molecule has 3 N–H and O–H groups in total. The highest BCUT2D eigenvalue weighted by molar-refractivity contribution is 5.97. The average molecular weight is 270 g/mol. The van der Waals surface area contributed by atoms with Crippen LogP contribution in [0.3, 0.4) is 0 Å². The monoisotopic (exact) mass is 270 g/mol. The van der Waals surface area contributed by atoms with Crippen molar-refractivity contribution in [3.8, 4) is 0 Å². The number of pyridine rings is 1. The van der Waals surface area contributed by atoms with Crippen molar-refractivity contribution in [1.82, 2.24) is 9.88 Å². The number of nitrogens with zero attached hydrogens (tertiary/aromatic N) is 2. The maximum atomic E-state index is 11.5. The van der Waals surface area contributed by atoms with E-state index in [4.69, 9.17) is 5.73 Å². The zero-order valence-corrected chi connectivity index (χ0v) is 11.5. The summed E-state index contributed by atoms with van der Waals surface area (Å²) in [5, 5.41) is 4.53. The molecule has 1 fully saturated rings. The van der Waals surface area contributed by atoms with E-state index in [2.05, 4.69) is 10.3 Å². The van der Waals surface area contributed by atoms with Gasteiger partial charge in [0.1, 0.15) is 0 Å². The van der Waals surface area contributed by atoms with E-state index in [1.807, 2.05) is 31.3 Å². The molecule has 3 rings (SSSR count). The maximum Gasteiger partial charge on any atom is 0.222 e. The van der Waals surface area contributed by atoms with Crippen LogP contribution in [0.4, 0.5) is 11.4 Å². The summed E-state index contributed by atoms with van der Waals surface area (Å²) in [7, 11) is 1.85. The highest BCUT2D eigenvalue weighted by Gasteiger charge is 2.23. The summed E-state index contributed by atoms with van der Waals surface area (Å²) in [5.41, 5.74) is 8.48. The molecule has 0 spiro atoms. The van der Waals surface area contributed by atoms with E-state index < -0.39 is 0 Å². The van der Waals surface area contributed by atoms with Crippen molar-refractivity contribution in [2.75, 3.05) is 24.6 Å². The number of nitrogen functional groups attached to an aromatic ring is 1. The molecule has 1 amide bonds. The molecule has 5 nitrogen and oxygen atoms in total. The van der Waals surface area contributed by atoms with Crippen molar-refractivity contribution in [2.45, 2.75) is 18.9 Å². The lowest BCUT2D eigenvalue weighted by Gasteiger charge is -2.31. The summed E-state index contributed by atoms with van der Waals surface area (Å²) in [6.45, 7) is 0.727. The Morgan fingerprint density at radius 3 is 3.05 bits per heavy atom. The number of fused-ring (bicyclic) bond motifs is 1. The zero-order chi connectivity index (χ0) is 14.1. The average Bonchev–Trinajstić information content (AvgIpc) is 2.44. The van der Waals surface area contributed by atoms with Crippen LogP contribution in [0.2, 0.25) is 0 Å². The third-order valence-electron chi connectivity index (χ3n) is 3.79. The summed E-state index contributed by atoms with van der Waals surface area (Å²) in [4.78, 5) is 17.6. The minimum Gasteiger partial charge on any atom is -0.397 e. The molecule has 1 aromatic heterocycles. The number of likely N-dealkylation sites (N-methyl/N-ethyl adjacent to an activating group) is 1. The van der Waals surface area contributed by atoms with Crippen LogP contribution < -0.4 is 11.1 Å². The molecule has 5 heteroatoms. The van der Waals surface area contributed by atoms with E-state index in [0.717, 1.165) is 29.6 Å². The fourth-order valence-electron chi connectivity index (χ4n) is 2.67. The number of nitrogens with one attached hydrogen (secondary N) is 1. The normalized spacial score (nSPS) is 19.4. The second-order valence-electron chi connectivity index (χ2n) is 5.26. The quantitative estimate of drug-likeness (QED) is 0.817. The first kappa shape index (κ1) is 12.7. The smallest absolute Gasteiger partial charge is 0.222 e. The van der Waals surface area contributed by atoms with Gasteiger partial charge in [-0.25, -0.2) is 0 Å². The summed E-state index contributed by atoms with van der Waals surface area (Å²) in [6.07, 6.45) is 3.22. The van der Waals surface area contributed by atoms with E-state index in [1.165, 1.54) is 0 Å². The van der Waals surface area contributed by atoms with Crippen LogP contribution in [-0.2, 0) is 4.79 Å². The summed E-state index contributed by atoms with van der Waals surface area (Å²) >= 11 is 0. The third-order valence-corrected chi connectivity index (χ3v) is 3.79. The van der Waals surface area contributed by atoms with Gasteiger partial charge < -0.3 is 16.0 Å². The second-order valence-corrected chi connectivity index (χ2v) is 5.26. The second kappa shape index (κ2) is 5.00. The van der Waals surface area contributed by atoms with Crippen LogP contribution in [0.1, 0.15) is 12.8 Å². The number of aromatic nitrogens is 1. The highest BCUT2D eigenvalue weighted by Crippen LogP contribution is 2.27. The molecule has 1 aromatic carbocycles. The van der Waals surface area contributed by atoms with Crippen LogP contribution >= 0.6 is 0 Å². The molecule has 0 radical (unpaired) electrons. The number of likely N-dealkylation sites (tertiary alicyclic amines) is 1. The van der Waals surface area contributed by atoms with Gasteiger partial charge in [0, 0.05) is 43.3 Å². The van der Waals surface area contributed by atoms with Gasteiger partial charge in [0.2, 0.25) is 5.91 Å². The molecule has 20 heavy (non-hydrogen) atoms. The topological polar surface area (TPSA) is 71.2 Å². The Hall–Kier alpha value is -2.30. The van der Waals surface area contributed by atoms with Crippen molar-refractivity contribution >= 4 is 28.2 Å². The number of hydrogen-bond donors (Lipinski definition) is 2. The first-order valence-electron chi connectivity index (χ1n) is 6.79. The van der Waals surface area contributed by atoms with Crippen LogP contribution in [0.5, 0.6) is 0 Å². The minimum atomic E-state index is 0.215. The predicted molar refractivity (Wildman–Crippen MR) is 80.4 cm³/mol. The summed E-state index contributed by atoms with van der Waals surface area (Å²) < 4.78 is 0. The van der Waals surface area contributed by atoms with Crippen LogP contribution in [0.15, 0.2) is 30.5 Å².